The van der Waals surface area contributed by atoms with E-state index in [9.17, 15) is 10.1 Å². The molecule has 19 heavy (non-hydrogen) atoms. The Morgan fingerprint density at radius 1 is 1.47 bits per heavy atom. The molecule has 1 aliphatic heterocycles. The number of alkyl halides is 1. The first-order chi connectivity index (χ1) is 8.93. The maximum Gasteiger partial charge on any atom is 0.273 e. The normalized spacial score (nSPS) is 18.4. The summed E-state index contributed by atoms with van der Waals surface area (Å²) in [5, 5.41) is 10.9. The van der Waals surface area contributed by atoms with Gasteiger partial charge in [-0.15, -0.1) is 11.6 Å². The Balaban J connectivity index is 2.28. The van der Waals surface area contributed by atoms with Gasteiger partial charge in [0.1, 0.15) is 0 Å². The van der Waals surface area contributed by atoms with Crippen LogP contribution in [0.15, 0.2) is 18.2 Å². The fourth-order valence-electron chi connectivity index (χ4n) is 2.70. The van der Waals surface area contributed by atoms with Crippen molar-refractivity contribution in [2.45, 2.75) is 32.6 Å². The molecule has 1 aromatic carbocycles. The molecule has 0 aromatic heterocycles. The van der Waals surface area contributed by atoms with Crippen molar-refractivity contribution in [3.63, 3.8) is 0 Å². The summed E-state index contributed by atoms with van der Waals surface area (Å²) in [4.78, 5) is 12.8. The van der Waals surface area contributed by atoms with Crippen LogP contribution >= 0.6 is 11.6 Å². The lowest BCUT2D eigenvalue weighted by molar-refractivity contribution is -0.385. The molecule has 1 heterocycles. The first kappa shape index (κ1) is 14.1. The average Bonchev–Trinajstić information content (AvgIpc) is 2.36. The van der Waals surface area contributed by atoms with E-state index >= 15 is 0 Å². The predicted molar refractivity (Wildman–Crippen MR) is 77.9 cm³/mol. The van der Waals surface area contributed by atoms with Gasteiger partial charge in [0.25, 0.3) is 5.69 Å². The largest absolute Gasteiger partial charge is 0.371 e. The quantitative estimate of drug-likeness (QED) is 0.479. The summed E-state index contributed by atoms with van der Waals surface area (Å²) >= 11 is 5.82. The van der Waals surface area contributed by atoms with Crippen molar-refractivity contribution < 1.29 is 4.92 Å². The Hall–Kier alpha value is -1.29. The molecule has 0 bridgehead atoms. The molecule has 0 aliphatic carbocycles. The van der Waals surface area contributed by atoms with Gasteiger partial charge in [-0.1, -0.05) is 13.8 Å². The smallest absolute Gasteiger partial charge is 0.273 e. The highest BCUT2D eigenvalue weighted by atomic mass is 35.5. The molecule has 4 nitrogen and oxygen atoms in total. The van der Waals surface area contributed by atoms with Gasteiger partial charge in [0.2, 0.25) is 0 Å². The van der Waals surface area contributed by atoms with Crippen molar-refractivity contribution in [3.8, 4) is 0 Å². The molecule has 0 spiro atoms. The van der Waals surface area contributed by atoms with Gasteiger partial charge < -0.3 is 4.90 Å². The lowest BCUT2D eigenvalue weighted by atomic mass is 9.84. The van der Waals surface area contributed by atoms with E-state index in [0.29, 0.717) is 11.0 Å². The van der Waals surface area contributed by atoms with Crippen LogP contribution in [0.2, 0.25) is 0 Å². The van der Waals surface area contributed by atoms with Crippen molar-refractivity contribution in [2.75, 3.05) is 18.0 Å². The molecular weight excluding hydrogens is 264 g/mol. The molecule has 0 unspecified atom stereocenters. The molecule has 5 heteroatoms. The van der Waals surface area contributed by atoms with Crippen molar-refractivity contribution >= 4 is 23.0 Å². The number of piperidine rings is 1. The monoisotopic (exact) mass is 282 g/mol. The fraction of sp³-hybridized carbons (Fsp3) is 0.571. The van der Waals surface area contributed by atoms with Gasteiger partial charge in [0.05, 0.1) is 10.8 Å². The number of hydrogen-bond acceptors (Lipinski definition) is 3. The SMILES string of the molecule is CC1(C)CCCN(c2ccc([N+](=O)[O-])c(CCl)c2)C1. The van der Waals surface area contributed by atoms with E-state index in [2.05, 4.69) is 18.7 Å². The molecule has 1 fully saturated rings. The van der Waals surface area contributed by atoms with Crippen LogP contribution in [0.1, 0.15) is 32.3 Å². The van der Waals surface area contributed by atoms with Gasteiger partial charge in [-0.2, -0.15) is 0 Å². The zero-order chi connectivity index (χ0) is 14.0. The Kier molecular flexibility index (Phi) is 3.99. The zero-order valence-corrected chi connectivity index (χ0v) is 12.1. The number of nitrogens with zero attached hydrogens (tertiary/aromatic N) is 2. The molecular formula is C14H19ClN2O2. The van der Waals surface area contributed by atoms with Gasteiger partial charge in [-0.25, -0.2) is 0 Å². The van der Waals surface area contributed by atoms with E-state index in [4.69, 9.17) is 11.6 Å². The van der Waals surface area contributed by atoms with Crippen LogP contribution in [0.3, 0.4) is 0 Å². The summed E-state index contributed by atoms with van der Waals surface area (Å²) in [5.74, 6) is 0.168. The van der Waals surface area contributed by atoms with E-state index in [0.717, 1.165) is 25.2 Å². The van der Waals surface area contributed by atoms with E-state index in [1.54, 1.807) is 6.07 Å². The van der Waals surface area contributed by atoms with Crippen molar-refractivity contribution in [1.82, 2.24) is 0 Å². The molecule has 0 saturated carbocycles. The summed E-state index contributed by atoms with van der Waals surface area (Å²) < 4.78 is 0. The molecule has 0 N–H and O–H groups in total. The third-order valence-electron chi connectivity index (χ3n) is 3.67. The molecule has 0 radical (unpaired) electrons. The molecule has 0 atom stereocenters. The maximum absolute atomic E-state index is 10.9. The van der Waals surface area contributed by atoms with E-state index in [1.807, 2.05) is 12.1 Å². The highest BCUT2D eigenvalue weighted by Gasteiger charge is 2.27. The van der Waals surface area contributed by atoms with Crippen molar-refractivity contribution in [1.29, 1.82) is 0 Å². The number of benzene rings is 1. The number of nitro groups is 1. The van der Waals surface area contributed by atoms with Crippen molar-refractivity contribution in [3.05, 3.63) is 33.9 Å². The van der Waals surface area contributed by atoms with Crippen LogP contribution < -0.4 is 4.90 Å². The molecule has 104 valence electrons. The number of rotatable bonds is 3. The molecule has 0 amide bonds. The van der Waals surface area contributed by atoms with Crippen LogP contribution in [-0.4, -0.2) is 18.0 Å². The number of anilines is 1. The summed E-state index contributed by atoms with van der Waals surface area (Å²) in [6.07, 6.45) is 2.37. The minimum atomic E-state index is -0.373. The van der Waals surface area contributed by atoms with Gasteiger partial charge in [0.15, 0.2) is 0 Å². The summed E-state index contributed by atoms with van der Waals surface area (Å²) in [6.45, 7) is 6.50. The van der Waals surface area contributed by atoms with Crippen LogP contribution in [-0.2, 0) is 5.88 Å². The Bertz CT molecular complexity index is 488. The zero-order valence-electron chi connectivity index (χ0n) is 11.4. The molecule has 1 aromatic rings. The van der Waals surface area contributed by atoms with Crippen LogP contribution in [0.4, 0.5) is 11.4 Å². The standard InChI is InChI=1S/C14H19ClN2O2/c1-14(2)6-3-7-16(10-14)12-4-5-13(17(18)19)11(8-12)9-15/h4-5,8H,3,6-7,9-10H2,1-2H3. The third-order valence-corrected chi connectivity index (χ3v) is 3.96. The topological polar surface area (TPSA) is 46.4 Å². The first-order valence-corrected chi connectivity index (χ1v) is 7.05. The maximum atomic E-state index is 10.9. The second-order valence-electron chi connectivity index (χ2n) is 5.89. The lowest BCUT2D eigenvalue weighted by Gasteiger charge is -2.39. The van der Waals surface area contributed by atoms with Crippen molar-refractivity contribution in [2.24, 2.45) is 5.41 Å². The second-order valence-corrected chi connectivity index (χ2v) is 6.16. The molecule has 1 aliphatic rings. The first-order valence-electron chi connectivity index (χ1n) is 6.51. The second kappa shape index (κ2) is 5.37. The molecule has 2 rings (SSSR count). The number of hydrogen-bond donors (Lipinski definition) is 0. The number of halogens is 1. The highest BCUT2D eigenvalue weighted by Crippen LogP contribution is 2.33. The van der Waals surface area contributed by atoms with E-state index < -0.39 is 0 Å². The minimum Gasteiger partial charge on any atom is -0.371 e. The van der Waals surface area contributed by atoms with Gasteiger partial charge in [-0.3, -0.25) is 10.1 Å². The Morgan fingerprint density at radius 3 is 2.79 bits per heavy atom. The lowest BCUT2D eigenvalue weighted by Crippen LogP contribution is -2.40. The molecule has 1 saturated heterocycles. The Labute approximate surface area is 118 Å². The van der Waals surface area contributed by atoms with Crippen LogP contribution in [0.25, 0.3) is 0 Å². The summed E-state index contributed by atoms with van der Waals surface area (Å²) in [7, 11) is 0. The van der Waals surface area contributed by atoms with Gasteiger partial charge >= 0.3 is 0 Å². The Morgan fingerprint density at radius 2 is 2.21 bits per heavy atom. The fourth-order valence-corrected chi connectivity index (χ4v) is 2.91. The minimum absolute atomic E-state index is 0.106. The summed E-state index contributed by atoms with van der Waals surface area (Å²) in [6, 6.07) is 5.25. The van der Waals surface area contributed by atoms with E-state index in [1.165, 1.54) is 6.42 Å². The average molecular weight is 283 g/mol. The van der Waals surface area contributed by atoms with Gasteiger partial charge in [-0.05, 0) is 30.4 Å². The third kappa shape index (κ3) is 3.18. The van der Waals surface area contributed by atoms with Gasteiger partial charge in [0, 0.05) is 30.4 Å². The summed E-state index contributed by atoms with van der Waals surface area (Å²) in [5.41, 5.74) is 2.03. The van der Waals surface area contributed by atoms with E-state index in [-0.39, 0.29) is 16.5 Å². The van der Waals surface area contributed by atoms with Crippen LogP contribution in [0.5, 0.6) is 0 Å². The highest BCUT2D eigenvalue weighted by molar-refractivity contribution is 6.17. The predicted octanol–water partition coefficient (Wildman–Crippen LogP) is 3.96. The number of nitro benzene ring substituents is 1. The van der Waals surface area contributed by atoms with Crippen LogP contribution in [0, 0.1) is 15.5 Å².